The number of ether oxygens (including phenoxy) is 2. The molecule has 0 aliphatic carbocycles. The largest absolute Gasteiger partial charge is 0.497 e. The van der Waals surface area contributed by atoms with Crippen LogP contribution >= 0.6 is 23.2 Å². The van der Waals surface area contributed by atoms with Crippen molar-refractivity contribution in [2.24, 2.45) is 0 Å². The summed E-state index contributed by atoms with van der Waals surface area (Å²) in [5, 5.41) is 0.534. The maximum absolute atomic E-state index is 13.8. The molecule has 0 spiro atoms. The molecule has 8 nitrogen and oxygen atoms in total. The number of sulfonamides is 2. The number of anilines is 1. The average Bonchev–Trinajstić information content (AvgIpc) is 2.96. The second kappa shape index (κ2) is 12.4. The molecule has 4 aromatic rings. The van der Waals surface area contributed by atoms with Crippen LogP contribution in [0.25, 0.3) is 6.08 Å². The number of methoxy groups -OCH3 is 2. The Morgan fingerprint density at radius 2 is 1.29 bits per heavy atom. The number of benzene rings is 4. The number of hydrogen-bond acceptors (Lipinski definition) is 7. The lowest BCUT2D eigenvalue weighted by Gasteiger charge is -2.24. The van der Waals surface area contributed by atoms with Crippen molar-refractivity contribution in [3.63, 3.8) is 0 Å². The minimum atomic E-state index is -4.71. The summed E-state index contributed by atoms with van der Waals surface area (Å²) in [7, 11) is -6.42. The zero-order chi connectivity index (χ0) is 29.8. The molecule has 0 saturated carbocycles. The molecule has 0 amide bonds. The maximum Gasteiger partial charge on any atom is 0.277 e. The van der Waals surface area contributed by atoms with Gasteiger partial charge in [-0.25, -0.2) is 16.8 Å². The van der Waals surface area contributed by atoms with Gasteiger partial charge in [-0.05, 0) is 91.0 Å². The van der Waals surface area contributed by atoms with E-state index in [0.717, 1.165) is 0 Å². The van der Waals surface area contributed by atoms with Gasteiger partial charge >= 0.3 is 0 Å². The predicted octanol–water partition coefficient (Wildman–Crippen LogP) is 6.49. The highest BCUT2D eigenvalue weighted by atomic mass is 35.5. The number of ketones is 1. The van der Waals surface area contributed by atoms with Crippen molar-refractivity contribution >= 4 is 60.8 Å². The van der Waals surface area contributed by atoms with Gasteiger partial charge in [0.25, 0.3) is 20.0 Å². The summed E-state index contributed by atoms with van der Waals surface area (Å²) >= 11 is 11.9. The summed E-state index contributed by atoms with van der Waals surface area (Å²) in [5.41, 5.74) is 0.338. The van der Waals surface area contributed by atoms with E-state index in [1.165, 1.54) is 99.2 Å². The second-order valence-corrected chi connectivity index (χ2v) is 13.1. The van der Waals surface area contributed by atoms with Crippen molar-refractivity contribution < 1.29 is 31.1 Å². The van der Waals surface area contributed by atoms with E-state index in [1.54, 1.807) is 18.2 Å². The van der Waals surface area contributed by atoms with Gasteiger partial charge in [-0.2, -0.15) is 3.71 Å². The highest BCUT2D eigenvalue weighted by molar-refractivity contribution is 8.10. The molecule has 0 unspecified atom stereocenters. The normalized spacial score (nSPS) is 11.8. The van der Waals surface area contributed by atoms with Crippen molar-refractivity contribution in [2.75, 3.05) is 17.9 Å². The van der Waals surface area contributed by atoms with Crippen LogP contribution in [0.1, 0.15) is 15.9 Å². The molecule has 12 heteroatoms. The SMILES string of the molecule is COc1ccc(OC)c(C=CC(=O)c2cccc(N(S(=O)(=O)c3ccc(Cl)cc3)S(=O)(=O)c3ccc(Cl)cc3)c2)c1. The lowest BCUT2D eigenvalue weighted by atomic mass is 10.1. The smallest absolute Gasteiger partial charge is 0.277 e. The van der Waals surface area contributed by atoms with Crippen molar-refractivity contribution in [2.45, 2.75) is 9.79 Å². The van der Waals surface area contributed by atoms with Crippen molar-refractivity contribution in [3.8, 4) is 11.5 Å². The average molecular weight is 633 g/mol. The molecule has 0 fully saturated rings. The summed E-state index contributed by atoms with van der Waals surface area (Å²) in [6, 6.07) is 20.5. The molecular formula is C29H23Cl2NO7S2. The van der Waals surface area contributed by atoms with E-state index < -0.39 is 25.8 Å². The van der Waals surface area contributed by atoms with Crippen molar-refractivity contribution in [3.05, 3.63) is 118 Å². The topological polar surface area (TPSA) is 107 Å². The van der Waals surface area contributed by atoms with Crippen LogP contribution < -0.4 is 13.2 Å². The zero-order valence-electron chi connectivity index (χ0n) is 21.7. The van der Waals surface area contributed by atoms with Gasteiger partial charge in [0.05, 0.1) is 29.7 Å². The molecule has 0 saturated heterocycles. The van der Waals surface area contributed by atoms with E-state index in [2.05, 4.69) is 0 Å². The predicted molar refractivity (Wildman–Crippen MR) is 159 cm³/mol. The van der Waals surface area contributed by atoms with E-state index in [1.807, 2.05) is 0 Å². The third-order valence-corrected chi connectivity index (χ3v) is 10.6. The molecule has 4 rings (SSSR count). The number of carbonyl (C=O) groups excluding carboxylic acids is 1. The number of nitrogens with zero attached hydrogens (tertiary/aromatic N) is 1. The van der Waals surface area contributed by atoms with Crippen LogP contribution in [0.4, 0.5) is 5.69 Å². The fraction of sp³-hybridized carbons (Fsp3) is 0.0690. The summed E-state index contributed by atoms with van der Waals surface area (Å²) in [6.07, 6.45) is 2.78. The van der Waals surface area contributed by atoms with Gasteiger partial charge in [-0.3, -0.25) is 4.79 Å². The van der Waals surface area contributed by atoms with E-state index in [4.69, 9.17) is 32.7 Å². The molecule has 0 N–H and O–H groups in total. The minimum Gasteiger partial charge on any atom is -0.497 e. The van der Waals surface area contributed by atoms with E-state index in [0.29, 0.717) is 17.1 Å². The van der Waals surface area contributed by atoms with Crippen LogP contribution in [0.3, 0.4) is 0 Å². The number of carbonyl (C=O) groups is 1. The van der Waals surface area contributed by atoms with Gasteiger partial charge in [0.2, 0.25) is 0 Å². The highest BCUT2D eigenvalue weighted by Gasteiger charge is 2.37. The Morgan fingerprint density at radius 3 is 1.80 bits per heavy atom. The number of halogens is 2. The summed E-state index contributed by atoms with van der Waals surface area (Å²) in [4.78, 5) is 12.5. The fourth-order valence-electron chi connectivity index (χ4n) is 3.82. The monoisotopic (exact) mass is 631 g/mol. The van der Waals surface area contributed by atoms with E-state index in [-0.39, 0.29) is 34.8 Å². The van der Waals surface area contributed by atoms with Gasteiger partial charge in [0.15, 0.2) is 5.78 Å². The second-order valence-electron chi connectivity index (χ2n) is 8.47. The first kappa shape index (κ1) is 30.1. The van der Waals surface area contributed by atoms with Crippen molar-refractivity contribution in [1.82, 2.24) is 0 Å². The van der Waals surface area contributed by atoms with Gasteiger partial charge in [-0.1, -0.05) is 35.3 Å². The van der Waals surface area contributed by atoms with Crippen LogP contribution in [0.2, 0.25) is 10.0 Å². The van der Waals surface area contributed by atoms with Crippen LogP contribution in [0.5, 0.6) is 11.5 Å². The van der Waals surface area contributed by atoms with Gasteiger partial charge in [0, 0.05) is 21.2 Å². The van der Waals surface area contributed by atoms with Crippen LogP contribution in [0.15, 0.2) is 107 Å². The molecule has 0 aliphatic heterocycles. The molecule has 0 bridgehead atoms. The Labute approximate surface area is 248 Å². The van der Waals surface area contributed by atoms with E-state index >= 15 is 0 Å². The summed E-state index contributed by atoms with van der Waals surface area (Å²) < 4.78 is 66.1. The van der Waals surface area contributed by atoms with E-state index in [9.17, 15) is 21.6 Å². The standard InChI is InChI=1S/C29H23Cl2NO7S2/c1-38-25-11-17-29(39-2)21(19-25)6-16-28(33)20-4-3-5-24(18-20)32(40(34,35)26-12-7-22(30)8-13-26)41(36,37)27-14-9-23(31)10-15-27/h3-19H,1-2H3. The quantitative estimate of drug-likeness (QED) is 0.145. The number of hydrogen-bond donors (Lipinski definition) is 0. The Bertz CT molecular complexity index is 1750. The third-order valence-electron chi connectivity index (χ3n) is 5.85. The Morgan fingerprint density at radius 1 is 0.732 bits per heavy atom. The van der Waals surface area contributed by atoms with Gasteiger partial charge in [0.1, 0.15) is 11.5 Å². The van der Waals surface area contributed by atoms with Gasteiger partial charge < -0.3 is 9.47 Å². The first-order valence-corrected chi connectivity index (χ1v) is 15.5. The number of allylic oxidation sites excluding steroid dienone is 1. The lowest BCUT2D eigenvalue weighted by Crippen LogP contribution is -2.37. The molecule has 212 valence electrons. The molecule has 41 heavy (non-hydrogen) atoms. The third kappa shape index (κ3) is 6.57. The molecule has 0 radical (unpaired) electrons. The molecule has 0 heterocycles. The van der Waals surface area contributed by atoms with Crippen LogP contribution in [0, 0.1) is 0 Å². The first-order chi connectivity index (χ1) is 19.5. The molecule has 4 aromatic carbocycles. The lowest BCUT2D eigenvalue weighted by molar-refractivity contribution is 0.104. The van der Waals surface area contributed by atoms with Crippen LogP contribution in [-0.4, -0.2) is 36.8 Å². The first-order valence-electron chi connectivity index (χ1n) is 11.8. The minimum absolute atomic E-state index is 0.0447. The maximum atomic E-state index is 13.8. The Balaban J connectivity index is 1.81. The molecular weight excluding hydrogens is 609 g/mol. The molecule has 0 aromatic heterocycles. The van der Waals surface area contributed by atoms with Gasteiger partial charge in [-0.15, -0.1) is 0 Å². The fourth-order valence-corrected chi connectivity index (χ4v) is 7.74. The highest BCUT2D eigenvalue weighted by Crippen LogP contribution is 2.33. The Kier molecular flexibility index (Phi) is 9.08. The summed E-state index contributed by atoms with van der Waals surface area (Å²) in [5.74, 6) is 0.540. The molecule has 0 aliphatic rings. The summed E-state index contributed by atoms with van der Waals surface area (Å²) in [6.45, 7) is 0. The Hall–Kier alpha value is -3.83. The number of rotatable bonds is 10. The van der Waals surface area contributed by atoms with Crippen molar-refractivity contribution in [1.29, 1.82) is 0 Å². The zero-order valence-corrected chi connectivity index (χ0v) is 24.8. The van der Waals surface area contributed by atoms with Crippen LogP contribution in [-0.2, 0) is 20.0 Å². The molecule has 0 atom stereocenters.